The van der Waals surface area contributed by atoms with Gasteiger partial charge in [0, 0.05) is 11.0 Å². The molecule has 122 valence electrons. The second-order valence-electron chi connectivity index (χ2n) is 4.75. The Morgan fingerprint density at radius 2 is 1.91 bits per heavy atom. The Balaban J connectivity index is 1.64. The number of carbonyl (C=O) groups is 2. The maximum absolute atomic E-state index is 11.8. The van der Waals surface area contributed by atoms with Crippen molar-refractivity contribution in [2.24, 2.45) is 0 Å². The minimum Gasteiger partial charge on any atom is -0.451 e. The van der Waals surface area contributed by atoms with Crippen molar-refractivity contribution in [1.82, 2.24) is 5.32 Å². The van der Waals surface area contributed by atoms with Gasteiger partial charge >= 0.3 is 5.97 Å². The van der Waals surface area contributed by atoms with Gasteiger partial charge in [-0.25, -0.2) is 4.79 Å². The van der Waals surface area contributed by atoms with E-state index in [2.05, 4.69) is 49.3 Å². The molecule has 0 saturated carbocycles. The molecule has 0 aliphatic heterocycles. The van der Waals surface area contributed by atoms with E-state index in [1.165, 1.54) is 16.9 Å². The normalized spacial score (nSPS) is 10.3. The van der Waals surface area contributed by atoms with Gasteiger partial charge in [-0.2, -0.15) is 0 Å². The summed E-state index contributed by atoms with van der Waals surface area (Å²) in [5, 5.41) is 2.75. The predicted molar refractivity (Wildman–Crippen MR) is 97.8 cm³/mol. The average Bonchev–Trinajstić information content (AvgIpc) is 2.89. The Kier molecular flexibility index (Phi) is 7.26. The molecule has 0 spiro atoms. The molecular weight excluding hydrogens is 446 g/mol. The van der Waals surface area contributed by atoms with Gasteiger partial charge in [-0.05, 0) is 56.3 Å². The van der Waals surface area contributed by atoms with Crippen LogP contribution >= 0.6 is 43.2 Å². The number of hydrogen-bond donors (Lipinski definition) is 1. The van der Waals surface area contributed by atoms with Crippen LogP contribution in [0.3, 0.4) is 0 Å². The predicted octanol–water partition coefficient (Wildman–Crippen LogP) is 4.18. The molecular formula is C16H15Br2NO3S. The van der Waals surface area contributed by atoms with Crippen molar-refractivity contribution in [2.75, 3.05) is 13.2 Å². The molecule has 0 aliphatic rings. The lowest BCUT2D eigenvalue weighted by Crippen LogP contribution is -2.29. The van der Waals surface area contributed by atoms with Gasteiger partial charge in [0.25, 0.3) is 5.91 Å². The smallest absolute Gasteiger partial charge is 0.348 e. The first kappa shape index (κ1) is 18.2. The van der Waals surface area contributed by atoms with Gasteiger partial charge in [0.15, 0.2) is 6.61 Å². The molecule has 2 rings (SSSR count). The van der Waals surface area contributed by atoms with E-state index in [9.17, 15) is 9.59 Å². The zero-order chi connectivity index (χ0) is 16.7. The molecule has 0 fully saturated rings. The fourth-order valence-electron chi connectivity index (χ4n) is 1.87. The number of carbonyl (C=O) groups excluding carboxylic acids is 2. The van der Waals surface area contributed by atoms with Crippen molar-refractivity contribution < 1.29 is 14.3 Å². The van der Waals surface area contributed by atoms with Crippen LogP contribution in [-0.4, -0.2) is 25.0 Å². The van der Waals surface area contributed by atoms with Gasteiger partial charge in [0.05, 0.1) is 3.79 Å². The highest BCUT2D eigenvalue weighted by Gasteiger charge is 2.14. The molecule has 1 heterocycles. The Hall–Kier alpha value is -1.18. The maximum atomic E-state index is 11.8. The second-order valence-corrected chi connectivity index (χ2v) is 7.97. The monoisotopic (exact) mass is 459 g/mol. The van der Waals surface area contributed by atoms with Crippen molar-refractivity contribution in [3.8, 4) is 0 Å². The standard InChI is InChI=1S/C16H15Br2NO3S/c17-12-9-13(23-15(12)18)16(21)22-10-14(20)19-8-4-7-11-5-2-1-3-6-11/h1-3,5-6,9H,4,7-8,10H2,(H,19,20). The Labute approximate surface area is 155 Å². The Bertz CT molecular complexity index is 654. The zero-order valence-corrected chi connectivity index (χ0v) is 16.2. The quantitative estimate of drug-likeness (QED) is 0.498. The third kappa shape index (κ3) is 6.08. The van der Waals surface area contributed by atoms with Crippen LogP contribution in [0.2, 0.25) is 0 Å². The molecule has 0 aliphatic carbocycles. The largest absolute Gasteiger partial charge is 0.451 e. The van der Waals surface area contributed by atoms with Gasteiger partial charge in [0.2, 0.25) is 0 Å². The van der Waals surface area contributed by atoms with Crippen molar-refractivity contribution in [2.45, 2.75) is 12.8 Å². The van der Waals surface area contributed by atoms with Gasteiger partial charge in [-0.15, -0.1) is 11.3 Å². The molecule has 4 nitrogen and oxygen atoms in total. The minimum absolute atomic E-state index is 0.267. The van der Waals surface area contributed by atoms with Crippen LogP contribution in [0.25, 0.3) is 0 Å². The summed E-state index contributed by atoms with van der Waals surface area (Å²) < 4.78 is 6.60. The number of esters is 1. The molecule has 1 aromatic heterocycles. The summed E-state index contributed by atoms with van der Waals surface area (Å²) in [6.07, 6.45) is 1.74. The van der Waals surface area contributed by atoms with E-state index in [1.807, 2.05) is 18.2 Å². The highest BCUT2D eigenvalue weighted by Crippen LogP contribution is 2.32. The summed E-state index contributed by atoms with van der Waals surface area (Å²) in [6, 6.07) is 11.7. The second kappa shape index (κ2) is 9.20. The van der Waals surface area contributed by atoms with Gasteiger partial charge in [-0.1, -0.05) is 30.3 Å². The van der Waals surface area contributed by atoms with E-state index in [0.29, 0.717) is 11.4 Å². The van der Waals surface area contributed by atoms with E-state index < -0.39 is 5.97 Å². The van der Waals surface area contributed by atoms with Crippen molar-refractivity contribution in [3.63, 3.8) is 0 Å². The fraction of sp³-hybridized carbons (Fsp3) is 0.250. The number of benzene rings is 1. The molecule has 0 unspecified atom stereocenters. The Morgan fingerprint density at radius 1 is 1.17 bits per heavy atom. The number of nitrogens with one attached hydrogen (secondary N) is 1. The van der Waals surface area contributed by atoms with Crippen molar-refractivity contribution in [3.05, 3.63) is 55.1 Å². The third-order valence-electron chi connectivity index (χ3n) is 2.99. The number of hydrogen-bond acceptors (Lipinski definition) is 4. The van der Waals surface area contributed by atoms with E-state index in [0.717, 1.165) is 21.1 Å². The first-order valence-electron chi connectivity index (χ1n) is 6.99. The molecule has 23 heavy (non-hydrogen) atoms. The number of amides is 1. The number of aryl methyl sites for hydroxylation is 1. The van der Waals surface area contributed by atoms with E-state index in [-0.39, 0.29) is 12.5 Å². The van der Waals surface area contributed by atoms with Crippen molar-refractivity contribution in [1.29, 1.82) is 0 Å². The lowest BCUT2D eigenvalue weighted by atomic mass is 10.1. The lowest BCUT2D eigenvalue weighted by molar-refractivity contribution is -0.124. The molecule has 0 saturated heterocycles. The summed E-state index contributed by atoms with van der Waals surface area (Å²) in [5.41, 5.74) is 1.24. The maximum Gasteiger partial charge on any atom is 0.348 e. The molecule has 0 atom stereocenters. The molecule has 1 amide bonds. The topological polar surface area (TPSA) is 55.4 Å². The Morgan fingerprint density at radius 3 is 2.57 bits per heavy atom. The summed E-state index contributed by atoms with van der Waals surface area (Å²) in [7, 11) is 0. The lowest BCUT2D eigenvalue weighted by Gasteiger charge is -2.06. The van der Waals surface area contributed by atoms with Crippen LogP contribution in [0.15, 0.2) is 44.7 Å². The zero-order valence-electron chi connectivity index (χ0n) is 12.2. The molecule has 1 aromatic carbocycles. The van der Waals surface area contributed by atoms with Gasteiger partial charge in [0.1, 0.15) is 4.88 Å². The SMILES string of the molecule is O=C(COC(=O)c1cc(Br)c(Br)s1)NCCCc1ccccc1. The highest BCUT2D eigenvalue weighted by atomic mass is 79.9. The molecule has 0 radical (unpaired) electrons. The molecule has 0 bridgehead atoms. The third-order valence-corrected chi connectivity index (χ3v) is 6.22. The summed E-state index contributed by atoms with van der Waals surface area (Å²) >= 11 is 7.87. The number of halogens is 2. The molecule has 7 heteroatoms. The van der Waals surface area contributed by atoms with Crippen molar-refractivity contribution >= 4 is 55.1 Å². The highest BCUT2D eigenvalue weighted by molar-refractivity contribution is 9.13. The number of thiophene rings is 1. The van der Waals surface area contributed by atoms with Crippen LogP contribution in [0, 0.1) is 0 Å². The van der Waals surface area contributed by atoms with Crippen LogP contribution < -0.4 is 5.32 Å². The number of ether oxygens (including phenoxy) is 1. The first-order valence-corrected chi connectivity index (χ1v) is 9.39. The fourth-order valence-corrected chi connectivity index (χ4v) is 3.79. The van der Waals surface area contributed by atoms with Gasteiger partial charge < -0.3 is 10.1 Å². The van der Waals surface area contributed by atoms with Crippen LogP contribution in [0.4, 0.5) is 0 Å². The first-order chi connectivity index (χ1) is 11.1. The van der Waals surface area contributed by atoms with E-state index in [4.69, 9.17) is 4.74 Å². The van der Waals surface area contributed by atoms with Crippen LogP contribution in [0.5, 0.6) is 0 Å². The molecule has 2 aromatic rings. The summed E-state index contributed by atoms with van der Waals surface area (Å²) in [6.45, 7) is 0.290. The van der Waals surface area contributed by atoms with E-state index >= 15 is 0 Å². The van der Waals surface area contributed by atoms with Gasteiger partial charge in [-0.3, -0.25) is 4.79 Å². The van der Waals surface area contributed by atoms with E-state index in [1.54, 1.807) is 6.07 Å². The number of rotatable bonds is 7. The van der Waals surface area contributed by atoms with Crippen LogP contribution in [0.1, 0.15) is 21.7 Å². The van der Waals surface area contributed by atoms with Crippen LogP contribution in [-0.2, 0) is 16.0 Å². The minimum atomic E-state index is -0.499. The molecule has 1 N–H and O–H groups in total. The average molecular weight is 461 g/mol. The summed E-state index contributed by atoms with van der Waals surface area (Å²) in [5.74, 6) is -0.790. The summed E-state index contributed by atoms with van der Waals surface area (Å²) in [4.78, 5) is 23.9.